The summed E-state index contributed by atoms with van der Waals surface area (Å²) in [7, 11) is 1.99. The molecule has 3 heterocycles. The van der Waals surface area contributed by atoms with E-state index in [1.54, 1.807) is 19.2 Å². The van der Waals surface area contributed by atoms with Gasteiger partial charge in [0.05, 0.1) is 22.4 Å². The molecule has 42 heavy (non-hydrogen) atoms. The van der Waals surface area contributed by atoms with Crippen LogP contribution < -0.4 is 11.1 Å². The Morgan fingerprint density at radius 1 is 0.952 bits per heavy atom. The van der Waals surface area contributed by atoms with Crippen molar-refractivity contribution in [3.63, 3.8) is 0 Å². The number of benzene rings is 2. The lowest BCUT2D eigenvalue weighted by atomic mass is 10.0. The number of amides is 1. The zero-order valence-electron chi connectivity index (χ0n) is 23.6. The van der Waals surface area contributed by atoms with Gasteiger partial charge in [0.1, 0.15) is 5.82 Å². The molecule has 0 aliphatic carbocycles. The highest BCUT2D eigenvalue weighted by atomic mass is 19.4. The number of halogens is 3. The maximum atomic E-state index is 14.0. The van der Waals surface area contributed by atoms with Crippen molar-refractivity contribution in [2.75, 3.05) is 44.3 Å². The lowest BCUT2D eigenvalue weighted by Gasteiger charge is -2.33. The van der Waals surface area contributed by atoms with Crippen LogP contribution in [0.2, 0.25) is 0 Å². The van der Waals surface area contributed by atoms with Gasteiger partial charge in [0.2, 0.25) is 0 Å². The number of likely N-dealkylation sites (N-methyl/N-ethyl adjacent to an activating group) is 1. The summed E-state index contributed by atoms with van der Waals surface area (Å²) in [6.07, 6.45) is -1.57. The molecule has 1 fully saturated rings. The number of anilines is 2. The second kappa shape index (κ2) is 11.8. The van der Waals surface area contributed by atoms with Crippen molar-refractivity contribution in [1.29, 1.82) is 0 Å². The van der Waals surface area contributed by atoms with Crippen LogP contribution in [0.5, 0.6) is 0 Å². The van der Waals surface area contributed by atoms with Crippen molar-refractivity contribution in [2.45, 2.75) is 26.6 Å². The number of aromatic nitrogens is 2. The van der Waals surface area contributed by atoms with Gasteiger partial charge in [0.15, 0.2) is 0 Å². The number of rotatable bonds is 4. The van der Waals surface area contributed by atoms with Crippen molar-refractivity contribution in [1.82, 2.24) is 19.8 Å². The molecule has 1 saturated heterocycles. The number of nitrogens with two attached hydrogens (primary N) is 1. The molecule has 0 radical (unpaired) electrons. The van der Waals surface area contributed by atoms with E-state index in [0.717, 1.165) is 35.5 Å². The summed E-state index contributed by atoms with van der Waals surface area (Å²) in [5.41, 5.74) is 8.53. The SMILES string of the molecule is Cc1ccc2c(N)ncc(C#Cc3cc(C(=O)Nc4ccc(CN5CCN(C)CC5)c(C(F)(F)F)c4)cnc3C)c2c1. The number of aryl methyl sites for hydroxylation is 2. The van der Waals surface area contributed by atoms with Crippen molar-refractivity contribution >= 4 is 28.2 Å². The van der Waals surface area contributed by atoms with E-state index in [-0.39, 0.29) is 23.4 Å². The average molecular weight is 573 g/mol. The van der Waals surface area contributed by atoms with Crippen LogP contribution in [0.4, 0.5) is 24.7 Å². The standard InChI is InChI=1S/C32H31F3N6O/c1-20-4-9-27-28(14-20)23(17-38-30(27)36)6-5-22-15-25(18-37-21(22)2)31(42)39-26-8-7-24(29(16-26)32(33,34)35)19-41-12-10-40(3)11-13-41/h4,7-9,14-18H,10-13,19H2,1-3H3,(H2,36,38)(H,39,42). The Labute approximate surface area is 242 Å². The summed E-state index contributed by atoms with van der Waals surface area (Å²) in [5.74, 6) is 6.01. The normalized spacial score (nSPS) is 14.4. The van der Waals surface area contributed by atoms with Gasteiger partial charge in [0, 0.05) is 67.1 Å². The third-order valence-corrected chi connectivity index (χ3v) is 7.42. The predicted molar refractivity (Wildman–Crippen MR) is 158 cm³/mol. The molecule has 1 aliphatic heterocycles. The highest BCUT2D eigenvalue weighted by Crippen LogP contribution is 2.35. The molecular formula is C32H31F3N6O. The summed E-state index contributed by atoms with van der Waals surface area (Å²) >= 11 is 0. The molecule has 2 aromatic heterocycles. The van der Waals surface area contributed by atoms with Crippen molar-refractivity contribution in [3.05, 3.63) is 93.9 Å². The number of fused-ring (bicyclic) bond motifs is 1. The minimum absolute atomic E-state index is 0.0532. The lowest BCUT2D eigenvalue weighted by Crippen LogP contribution is -2.44. The average Bonchev–Trinajstić information content (AvgIpc) is 2.95. The molecule has 0 spiro atoms. The summed E-state index contributed by atoms with van der Waals surface area (Å²) in [5, 5.41) is 4.25. The molecule has 3 N–H and O–H groups in total. The van der Waals surface area contributed by atoms with Crippen LogP contribution in [0.3, 0.4) is 0 Å². The van der Waals surface area contributed by atoms with Crippen LogP contribution in [0.25, 0.3) is 10.8 Å². The molecule has 0 unspecified atom stereocenters. The maximum Gasteiger partial charge on any atom is 0.416 e. The van der Waals surface area contributed by atoms with Gasteiger partial charge in [-0.25, -0.2) is 4.98 Å². The van der Waals surface area contributed by atoms with Gasteiger partial charge < -0.3 is 16.0 Å². The van der Waals surface area contributed by atoms with Crippen LogP contribution in [0, 0.1) is 25.7 Å². The molecular weight excluding hydrogens is 541 g/mol. The fourth-order valence-electron chi connectivity index (χ4n) is 4.90. The van der Waals surface area contributed by atoms with Crippen molar-refractivity contribution in [2.24, 2.45) is 0 Å². The number of hydrogen-bond acceptors (Lipinski definition) is 6. The van der Waals surface area contributed by atoms with E-state index < -0.39 is 17.6 Å². The number of carbonyl (C=O) groups is 1. The van der Waals surface area contributed by atoms with Gasteiger partial charge in [-0.2, -0.15) is 13.2 Å². The molecule has 216 valence electrons. The van der Waals surface area contributed by atoms with Gasteiger partial charge in [-0.3, -0.25) is 14.7 Å². The van der Waals surface area contributed by atoms with E-state index in [1.165, 1.54) is 18.3 Å². The molecule has 0 atom stereocenters. The zero-order chi connectivity index (χ0) is 30.0. The first-order chi connectivity index (χ1) is 20.0. The van der Waals surface area contributed by atoms with E-state index in [0.29, 0.717) is 35.7 Å². The fourth-order valence-corrected chi connectivity index (χ4v) is 4.90. The second-order valence-corrected chi connectivity index (χ2v) is 10.6. The first-order valence-corrected chi connectivity index (χ1v) is 13.5. The molecule has 1 aliphatic rings. The summed E-state index contributed by atoms with van der Waals surface area (Å²) in [4.78, 5) is 25.8. The van der Waals surface area contributed by atoms with E-state index in [2.05, 4.69) is 32.0 Å². The third-order valence-electron chi connectivity index (χ3n) is 7.42. The number of alkyl halides is 3. The monoisotopic (exact) mass is 572 g/mol. The van der Waals surface area contributed by atoms with Gasteiger partial charge in [0.25, 0.3) is 5.91 Å². The van der Waals surface area contributed by atoms with Crippen molar-refractivity contribution in [3.8, 4) is 11.8 Å². The first-order valence-electron chi connectivity index (χ1n) is 13.5. The Kier molecular flexibility index (Phi) is 8.16. The minimum Gasteiger partial charge on any atom is -0.383 e. The number of piperazine rings is 1. The molecule has 0 saturated carbocycles. The number of carbonyl (C=O) groups excluding carboxylic acids is 1. The molecule has 4 aromatic rings. The van der Waals surface area contributed by atoms with Gasteiger partial charge in [-0.05, 0) is 50.7 Å². The van der Waals surface area contributed by atoms with Gasteiger partial charge in [-0.15, -0.1) is 0 Å². The largest absolute Gasteiger partial charge is 0.416 e. The van der Waals surface area contributed by atoms with Crippen molar-refractivity contribution < 1.29 is 18.0 Å². The Morgan fingerprint density at radius 3 is 2.43 bits per heavy atom. The molecule has 5 rings (SSSR count). The fraction of sp³-hybridized carbons (Fsp3) is 0.281. The Balaban J connectivity index is 1.38. The van der Waals surface area contributed by atoms with Crippen LogP contribution in [-0.2, 0) is 12.7 Å². The zero-order valence-corrected chi connectivity index (χ0v) is 23.6. The smallest absolute Gasteiger partial charge is 0.383 e. The Bertz CT molecular complexity index is 1720. The summed E-state index contributed by atoms with van der Waals surface area (Å²) < 4.78 is 42.0. The van der Waals surface area contributed by atoms with E-state index in [9.17, 15) is 18.0 Å². The van der Waals surface area contributed by atoms with E-state index in [1.807, 2.05) is 37.1 Å². The third kappa shape index (κ3) is 6.54. The number of nitrogen functional groups attached to an aromatic ring is 1. The Morgan fingerprint density at radius 2 is 1.69 bits per heavy atom. The number of nitrogens with one attached hydrogen (secondary N) is 1. The molecule has 10 heteroatoms. The minimum atomic E-state index is -4.56. The number of pyridine rings is 2. The van der Waals surface area contributed by atoms with E-state index >= 15 is 0 Å². The molecule has 1 amide bonds. The topological polar surface area (TPSA) is 87.4 Å². The number of hydrogen-bond donors (Lipinski definition) is 2. The van der Waals surface area contributed by atoms with Crippen LogP contribution in [-0.4, -0.2) is 58.9 Å². The lowest BCUT2D eigenvalue weighted by molar-refractivity contribution is -0.138. The number of nitrogens with zero attached hydrogens (tertiary/aromatic N) is 4. The molecule has 0 bridgehead atoms. The highest BCUT2D eigenvalue weighted by molar-refractivity contribution is 6.04. The molecule has 2 aromatic carbocycles. The van der Waals surface area contributed by atoms with Gasteiger partial charge >= 0.3 is 6.18 Å². The first kappa shape index (κ1) is 29.0. The van der Waals surface area contributed by atoms with Crippen LogP contribution in [0.1, 0.15) is 43.9 Å². The highest BCUT2D eigenvalue weighted by Gasteiger charge is 2.34. The van der Waals surface area contributed by atoms with E-state index in [4.69, 9.17) is 5.73 Å². The summed E-state index contributed by atoms with van der Waals surface area (Å²) in [6, 6.07) is 11.3. The summed E-state index contributed by atoms with van der Waals surface area (Å²) in [6.45, 7) is 6.94. The van der Waals surface area contributed by atoms with Gasteiger partial charge in [-0.1, -0.05) is 35.6 Å². The maximum absolute atomic E-state index is 14.0. The second-order valence-electron chi connectivity index (χ2n) is 10.6. The molecule has 7 nitrogen and oxygen atoms in total. The van der Waals surface area contributed by atoms with Crippen LogP contribution >= 0.6 is 0 Å². The predicted octanol–water partition coefficient (Wildman–Crippen LogP) is 5.25. The quantitative estimate of drug-likeness (QED) is 0.325. The Hall–Kier alpha value is -4.46. The van der Waals surface area contributed by atoms with Crippen LogP contribution in [0.15, 0.2) is 54.9 Å².